The van der Waals surface area contributed by atoms with E-state index in [0.717, 1.165) is 23.3 Å². The molecule has 0 aliphatic rings. The average molecular weight is 602 g/mol. The molecule has 0 heterocycles. The van der Waals surface area contributed by atoms with E-state index in [-0.39, 0.29) is 29.8 Å². The Morgan fingerprint density at radius 2 is 1.42 bits per heavy atom. The predicted octanol–water partition coefficient (Wildman–Crippen LogP) is 5.45. The number of alkyl halides is 3. The minimum Gasteiger partial charge on any atom is -0.464 e. The lowest BCUT2D eigenvalue weighted by molar-refractivity contribution is -0.274. The van der Waals surface area contributed by atoms with Crippen LogP contribution in [0.25, 0.3) is 0 Å². The molecule has 12 heteroatoms. The molecule has 4 N–H and O–H groups in total. The smallest absolute Gasteiger partial charge is 0.464 e. The fraction of sp³-hybridized carbons (Fsp3) is 0.323. The molecule has 2 atom stereocenters. The first-order valence-electron chi connectivity index (χ1n) is 13.4. The third kappa shape index (κ3) is 10.0. The Labute approximate surface area is 247 Å². The van der Waals surface area contributed by atoms with Crippen molar-refractivity contribution in [3.8, 4) is 5.75 Å². The maximum absolute atomic E-state index is 13.0. The first-order chi connectivity index (χ1) is 20.2. The summed E-state index contributed by atoms with van der Waals surface area (Å²) in [5.41, 5.74) is 2.86. The largest absolute Gasteiger partial charge is 0.573 e. The van der Waals surface area contributed by atoms with Gasteiger partial charge in [-0.05, 0) is 65.4 Å². The maximum atomic E-state index is 13.0. The number of hydrogen-bond donors (Lipinski definition) is 4. The van der Waals surface area contributed by atoms with Gasteiger partial charge in [-0.25, -0.2) is 9.59 Å². The van der Waals surface area contributed by atoms with Crippen molar-refractivity contribution in [3.63, 3.8) is 0 Å². The molecule has 230 valence electrons. The molecule has 3 aromatic carbocycles. The van der Waals surface area contributed by atoms with Crippen LogP contribution in [-0.4, -0.2) is 48.6 Å². The first kappa shape index (κ1) is 32.9. The topological polar surface area (TPSA) is 126 Å². The van der Waals surface area contributed by atoms with Gasteiger partial charge in [-0.15, -0.1) is 13.2 Å². The molecule has 0 radical (unpaired) electrons. The van der Waals surface area contributed by atoms with Crippen molar-refractivity contribution in [3.05, 3.63) is 95.1 Å². The van der Waals surface area contributed by atoms with E-state index in [4.69, 9.17) is 4.74 Å². The van der Waals surface area contributed by atoms with Crippen LogP contribution in [-0.2, 0) is 14.9 Å². The molecule has 0 unspecified atom stereocenters. The Hall–Kier alpha value is -4.58. The molecule has 0 aromatic heterocycles. The summed E-state index contributed by atoms with van der Waals surface area (Å²) in [7, 11) is 0. The second-order valence-electron chi connectivity index (χ2n) is 10.6. The van der Waals surface area contributed by atoms with E-state index in [1.54, 1.807) is 19.1 Å². The molecule has 9 nitrogen and oxygen atoms in total. The number of halogens is 3. The van der Waals surface area contributed by atoms with Crippen molar-refractivity contribution in [2.75, 3.05) is 18.5 Å². The molecule has 0 saturated carbocycles. The lowest BCUT2D eigenvalue weighted by Gasteiger charge is -2.23. The maximum Gasteiger partial charge on any atom is 0.573 e. The molecule has 0 saturated heterocycles. The second-order valence-corrected chi connectivity index (χ2v) is 10.6. The lowest BCUT2D eigenvalue weighted by Crippen LogP contribution is -2.37. The number of hydrogen-bond acceptors (Lipinski definition) is 6. The molecule has 43 heavy (non-hydrogen) atoms. The van der Waals surface area contributed by atoms with Gasteiger partial charge in [0.05, 0.1) is 19.2 Å². The molecule has 0 aliphatic carbocycles. The molecule has 0 aliphatic heterocycles. The van der Waals surface area contributed by atoms with E-state index in [1.807, 2.05) is 24.3 Å². The van der Waals surface area contributed by atoms with Crippen LogP contribution in [0.5, 0.6) is 5.75 Å². The molecule has 0 spiro atoms. The van der Waals surface area contributed by atoms with Crippen LogP contribution >= 0.6 is 0 Å². The molecule has 0 fully saturated rings. The minimum absolute atomic E-state index is 0.0979. The molecule has 3 amide bonds. The SMILES string of the molecule is CCOC(=O)[C@H](O)CNC(=O)c1ccc([C@@H](NC(=O)Nc2ccc(OC(F)(F)F)cc2)c2ccc(C(C)(C)C)cc2)cc1. The fourth-order valence-electron chi connectivity index (χ4n) is 4.01. The summed E-state index contributed by atoms with van der Waals surface area (Å²) in [5.74, 6) is -1.78. The van der Waals surface area contributed by atoms with Crippen molar-refractivity contribution in [2.24, 2.45) is 0 Å². The number of carbonyl (C=O) groups excluding carboxylic acids is 3. The number of carbonyl (C=O) groups is 3. The van der Waals surface area contributed by atoms with Gasteiger partial charge < -0.3 is 30.5 Å². The van der Waals surface area contributed by atoms with Crippen LogP contribution in [0.2, 0.25) is 0 Å². The van der Waals surface area contributed by atoms with E-state index in [1.165, 1.54) is 24.3 Å². The number of nitrogens with one attached hydrogen (secondary N) is 3. The van der Waals surface area contributed by atoms with Crippen molar-refractivity contribution < 1.29 is 42.1 Å². The number of esters is 1. The van der Waals surface area contributed by atoms with Gasteiger partial charge in [0, 0.05) is 11.3 Å². The highest BCUT2D eigenvalue weighted by Crippen LogP contribution is 2.28. The third-order valence-corrected chi connectivity index (χ3v) is 6.25. The third-order valence-electron chi connectivity index (χ3n) is 6.25. The number of aliphatic hydroxyl groups is 1. The standard InChI is InChI=1S/C31H34F3N3O6/c1-5-42-28(40)25(38)18-35-27(39)21-8-6-19(7-9-21)26(20-10-12-22(13-11-20)30(2,3)4)37-29(41)36-23-14-16-24(17-15-23)43-31(32,33)34/h6-17,25-26,38H,5,18H2,1-4H3,(H,35,39)(H2,36,37,41)/t25-,26-/m1/s1. The number of benzene rings is 3. The van der Waals surface area contributed by atoms with E-state index in [2.05, 4.69) is 41.5 Å². The number of aliphatic hydroxyl groups excluding tert-OH is 1. The first-order valence-corrected chi connectivity index (χ1v) is 13.4. The summed E-state index contributed by atoms with van der Waals surface area (Å²) in [6, 6.07) is 17.5. The van der Waals surface area contributed by atoms with Gasteiger partial charge in [-0.1, -0.05) is 57.2 Å². The Morgan fingerprint density at radius 3 is 1.93 bits per heavy atom. The normalized spacial score (nSPS) is 12.9. The summed E-state index contributed by atoms with van der Waals surface area (Å²) < 4.78 is 45.9. The zero-order valence-electron chi connectivity index (χ0n) is 24.1. The second kappa shape index (κ2) is 14.1. The van der Waals surface area contributed by atoms with Crippen LogP contribution in [0.3, 0.4) is 0 Å². The van der Waals surface area contributed by atoms with Crippen LogP contribution < -0.4 is 20.7 Å². The number of ether oxygens (including phenoxy) is 2. The summed E-state index contributed by atoms with van der Waals surface area (Å²) >= 11 is 0. The van der Waals surface area contributed by atoms with Gasteiger partial charge in [-0.3, -0.25) is 4.79 Å². The number of urea groups is 1. The highest BCUT2D eigenvalue weighted by atomic mass is 19.4. The fourth-order valence-corrected chi connectivity index (χ4v) is 4.01. The van der Waals surface area contributed by atoms with Crippen molar-refractivity contribution in [2.45, 2.75) is 51.6 Å². The van der Waals surface area contributed by atoms with Crippen LogP contribution in [0, 0.1) is 0 Å². The highest BCUT2D eigenvalue weighted by molar-refractivity contribution is 5.94. The van der Waals surface area contributed by atoms with Gasteiger partial charge in [0.15, 0.2) is 6.10 Å². The number of amides is 3. The van der Waals surface area contributed by atoms with Crippen LogP contribution in [0.1, 0.15) is 60.8 Å². The molecular weight excluding hydrogens is 567 g/mol. The minimum atomic E-state index is -4.83. The quantitative estimate of drug-likeness (QED) is 0.229. The monoisotopic (exact) mass is 601 g/mol. The Morgan fingerprint density at radius 1 is 0.860 bits per heavy atom. The van der Waals surface area contributed by atoms with Gasteiger partial charge in [0.2, 0.25) is 0 Å². The zero-order chi connectivity index (χ0) is 31.8. The van der Waals surface area contributed by atoms with Gasteiger partial charge in [-0.2, -0.15) is 0 Å². The summed E-state index contributed by atoms with van der Waals surface area (Å²) in [5, 5.41) is 17.8. The predicted molar refractivity (Wildman–Crippen MR) is 154 cm³/mol. The van der Waals surface area contributed by atoms with Crippen LogP contribution in [0.15, 0.2) is 72.8 Å². The summed E-state index contributed by atoms with van der Waals surface area (Å²) in [6.45, 7) is 7.60. The highest BCUT2D eigenvalue weighted by Gasteiger charge is 2.31. The summed E-state index contributed by atoms with van der Waals surface area (Å²) in [6.07, 6.45) is -6.33. The van der Waals surface area contributed by atoms with Crippen molar-refractivity contribution >= 4 is 23.6 Å². The van der Waals surface area contributed by atoms with Gasteiger partial charge in [0.1, 0.15) is 5.75 Å². The zero-order valence-corrected chi connectivity index (χ0v) is 24.1. The van der Waals surface area contributed by atoms with Gasteiger partial charge >= 0.3 is 18.4 Å². The van der Waals surface area contributed by atoms with E-state index < -0.39 is 42.2 Å². The number of anilines is 1. The lowest BCUT2D eigenvalue weighted by atomic mass is 9.85. The van der Waals surface area contributed by atoms with E-state index in [0.29, 0.717) is 5.56 Å². The Bertz CT molecular complexity index is 1390. The van der Waals surface area contributed by atoms with Crippen molar-refractivity contribution in [1.82, 2.24) is 10.6 Å². The average Bonchev–Trinajstić information content (AvgIpc) is 2.94. The number of rotatable bonds is 10. The van der Waals surface area contributed by atoms with Crippen LogP contribution in [0.4, 0.5) is 23.7 Å². The molecule has 3 aromatic rings. The Balaban J connectivity index is 1.78. The summed E-state index contributed by atoms with van der Waals surface area (Å²) in [4.78, 5) is 37.1. The molecular formula is C31H34F3N3O6. The van der Waals surface area contributed by atoms with E-state index in [9.17, 15) is 32.7 Å². The van der Waals surface area contributed by atoms with Crippen molar-refractivity contribution in [1.29, 1.82) is 0 Å². The Kier molecular flexibility index (Phi) is 10.8. The molecule has 0 bridgehead atoms. The van der Waals surface area contributed by atoms with Gasteiger partial charge in [0.25, 0.3) is 5.91 Å². The molecule has 3 rings (SSSR count). The van der Waals surface area contributed by atoms with E-state index >= 15 is 0 Å².